The number of aliphatic hydroxyl groups excluding tert-OH is 1. The molecule has 0 aliphatic carbocycles. The number of benzene rings is 2. The van der Waals surface area contributed by atoms with Gasteiger partial charge in [-0.1, -0.05) is 23.2 Å². The van der Waals surface area contributed by atoms with Crippen LogP contribution in [0, 0.1) is 0 Å². The Labute approximate surface area is 222 Å². The SMILES string of the molecule is COc1c(Cl)cc(/C(O)=C2\C(=O)C(=O)N(c3ccc(NC(C)=O)cc3)C2c2ccncc2)c(OC)c1Cl. The molecule has 190 valence electrons. The van der Waals surface area contributed by atoms with Crippen LogP contribution < -0.4 is 19.7 Å². The van der Waals surface area contributed by atoms with E-state index in [4.69, 9.17) is 32.7 Å². The Bertz CT molecular complexity index is 1420. The number of ketones is 1. The van der Waals surface area contributed by atoms with Crippen LogP contribution in [0.4, 0.5) is 11.4 Å². The second-order valence-corrected chi connectivity index (χ2v) is 8.75. The average Bonchev–Trinajstić information content (AvgIpc) is 3.14. The Balaban J connectivity index is 1.94. The van der Waals surface area contributed by atoms with Crippen LogP contribution in [0.1, 0.15) is 24.1 Å². The van der Waals surface area contributed by atoms with E-state index in [0.29, 0.717) is 16.9 Å². The highest BCUT2D eigenvalue weighted by Gasteiger charge is 2.47. The fourth-order valence-corrected chi connectivity index (χ4v) is 4.85. The first kappa shape index (κ1) is 26.0. The summed E-state index contributed by atoms with van der Waals surface area (Å²) in [6.07, 6.45) is 3.02. The number of nitrogens with zero attached hydrogens (tertiary/aromatic N) is 2. The first-order valence-electron chi connectivity index (χ1n) is 10.9. The third-order valence-electron chi connectivity index (χ3n) is 5.73. The minimum absolute atomic E-state index is 0.0105. The molecule has 37 heavy (non-hydrogen) atoms. The van der Waals surface area contributed by atoms with Crippen molar-refractivity contribution < 1.29 is 29.0 Å². The number of carbonyl (C=O) groups is 3. The van der Waals surface area contributed by atoms with E-state index in [9.17, 15) is 19.5 Å². The van der Waals surface area contributed by atoms with Gasteiger partial charge in [0, 0.05) is 30.7 Å². The van der Waals surface area contributed by atoms with Crippen LogP contribution in [0.15, 0.2) is 60.4 Å². The van der Waals surface area contributed by atoms with Gasteiger partial charge in [0.1, 0.15) is 10.8 Å². The maximum Gasteiger partial charge on any atom is 0.300 e. The molecule has 4 rings (SSSR count). The van der Waals surface area contributed by atoms with Crippen molar-refractivity contribution in [3.63, 3.8) is 0 Å². The molecule has 1 fully saturated rings. The summed E-state index contributed by atoms with van der Waals surface area (Å²) >= 11 is 12.7. The van der Waals surface area contributed by atoms with Crippen molar-refractivity contribution in [3.05, 3.63) is 81.6 Å². The molecule has 1 aliphatic heterocycles. The lowest BCUT2D eigenvalue weighted by Gasteiger charge is -2.25. The minimum Gasteiger partial charge on any atom is -0.507 e. The van der Waals surface area contributed by atoms with Gasteiger partial charge in [0.2, 0.25) is 5.91 Å². The molecule has 1 saturated heterocycles. The summed E-state index contributed by atoms with van der Waals surface area (Å²) in [5.41, 5.74) is 1.22. The van der Waals surface area contributed by atoms with Crippen molar-refractivity contribution in [2.24, 2.45) is 0 Å². The van der Waals surface area contributed by atoms with E-state index in [-0.39, 0.29) is 38.6 Å². The van der Waals surface area contributed by atoms with Gasteiger partial charge in [0.05, 0.1) is 36.4 Å². The predicted octanol–water partition coefficient (Wildman–Crippen LogP) is 4.99. The summed E-state index contributed by atoms with van der Waals surface area (Å²) in [7, 11) is 2.71. The van der Waals surface area contributed by atoms with Crippen molar-refractivity contribution in [1.29, 1.82) is 0 Å². The molecule has 1 aromatic heterocycles. The number of ether oxygens (including phenoxy) is 2. The molecule has 0 spiro atoms. The normalized spacial score (nSPS) is 16.6. The third kappa shape index (κ3) is 4.71. The van der Waals surface area contributed by atoms with Crippen molar-refractivity contribution in [2.45, 2.75) is 13.0 Å². The molecule has 11 heteroatoms. The van der Waals surface area contributed by atoms with Crippen LogP contribution >= 0.6 is 23.2 Å². The number of hydrogen-bond acceptors (Lipinski definition) is 7. The molecule has 0 bridgehead atoms. The zero-order valence-electron chi connectivity index (χ0n) is 19.9. The Morgan fingerprint density at radius 2 is 1.65 bits per heavy atom. The number of hydrogen-bond donors (Lipinski definition) is 2. The maximum absolute atomic E-state index is 13.4. The summed E-state index contributed by atoms with van der Waals surface area (Å²) in [5.74, 6) is -2.42. The second-order valence-electron chi connectivity index (χ2n) is 7.96. The van der Waals surface area contributed by atoms with Gasteiger partial charge in [-0.15, -0.1) is 0 Å². The van der Waals surface area contributed by atoms with Crippen LogP contribution in [-0.4, -0.2) is 41.9 Å². The van der Waals surface area contributed by atoms with Crippen molar-refractivity contribution >= 4 is 57.9 Å². The molecule has 2 aromatic carbocycles. The van der Waals surface area contributed by atoms with Crippen LogP contribution in [0.25, 0.3) is 5.76 Å². The van der Waals surface area contributed by atoms with E-state index < -0.39 is 23.5 Å². The van der Waals surface area contributed by atoms with Gasteiger partial charge in [-0.25, -0.2) is 0 Å². The topological polar surface area (TPSA) is 118 Å². The molecule has 2 amide bonds. The smallest absolute Gasteiger partial charge is 0.300 e. The Hall–Kier alpha value is -4.08. The molecule has 9 nitrogen and oxygen atoms in total. The van der Waals surface area contributed by atoms with Crippen molar-refractivity contribution in [1.82, 2.24) is 4.98 Å². The van der Waals surface area contributed by atoms with Crippen LogP contribution in [-0.2, 0) is 14.4 Å². The maximum atomic E-state index is 13.4. The quantitative estimate of drug-likeness (QED) is 0.256. The first-order valence-corrected chi connectivity index (χ1v) is 11.6. The number of amides is 2. The highest BCUT2D eigenvalue weighted by molar-refractivity contribution is 6.52. The number of methoxy groups -OCH3 is 2. The van der Waals surface area contributed by atoms with E-state index in [1.54, 1.807) is 36.4 Å². The lowest BCUT2D eigenvalue weighted by atomic mass is 9.95. The number of halogens is 2. The molecule has 0 saturated carbocycles. The Morgan fingerprint density at radius 3 is 2.22 bits per heavy atom. The number of aromatic nitrogens is 1. The number of aliphatic hydroxyl groups is 1. The number of anilines is 2. The minimum atomic E-state index is -1.01. The third-order valence-corrected chi connectivity index (χ3v) is 6.35. The zero-order chi connectivity index (χ0) is 26.9. The van der Waals surface area contributed by atoms with Crippen LogP contribution in [0.3, 0.4) is 0 Å². The van der Waals surface area contributed by atoms with E-state index >= 15 is 0 Å². The van der Waals surface area contributed by atoms with E-state index in [0.717, 1.165) is 0 Å². The predicted molar refractivity (Wildman–Crippen MR) is 139 cm³/mol. The van der Waals surface area contributed by atoms with Gasteiger partial charge in [-0.05, 0) is 48.0 Å². The number of rotatable bonds is 6. The second kappa shape index (κ2) is 10.5. The monoisotopic (exact) mass is 541 g/mol. The summed E-state index contributed by atoms with van der Waals surface area (Å²) in [6.45, 7) is 1.38. The Kier molecular flexibility index (Phi) is 7.37. The van der Waals surface area contributed by atoms with E-state index in [1.807, 2.05) is 0 Å². The first-order chi connectivity index (χ1) is 17.7. The van der Waals surface area contributed by atoms with Crippen LogP contribution in [0.2, 0.25) is 10.0 Å². The van der Waals surface area contributed by atoms with E-state index in [2.05, 4.69) is 10.3 Å². The molecular weight excluding hydrogens is 521 g/mol. The molecule has 0 radical (unpaired) electrons. The highest BCUT2D eigenvalue weighted by atomic mass is 35.5. The summed E-state index contributed by atoms with van der Waals surface area (Å²) in [6, 6.07) is 9.98. The largest absolute Gasteiger partial charge is 0.507 e. The lowest BCUT2D eigenvalue weighted by molar-refractivity contribution is -0.132. The molecule has 3 aromatic rings. The number of nitrogens with one attached hydrogen (secondary N) is 1. The van der Waals surface area contributed by atoms with Crippen molar-refractivity contribution in [2.75, 3.05) is 24.4 Å². The molecule has 2 heterocycles. The van der Waals surface area contributed by atoms with Crippen LogP contribution in [0.5, 0.6) is 11.5 Å². The highest BCUT2D eigenvalue weighted by Crippen LogP contribution is 2.48. The van der Waals surface area contributed by atoms with Crippen molar-refractivity contribution in [3.8, 4) is 11.5 Å². The molecule has 1 atom stereocenters. The summed E-state index contributed by atoms with van der Waals surface area (Å²) in [5, 5.41) is 14.2. The van der Waals surface area contributed by atoms with Gasteiger partial charge in [0.25, 0.3) is 11.7 Å². The summed E-state index contributed by atoms with van der Waals surface area (Å²) in [4.78, 5) is 43.4. The standard InChI is InChI=1S/C26H21Cl2N3O6/c1-13(32)30-15-4-6-16(7-5-15)31-21(14-8-10-29-11-9-14)19(23(34)26(31)35)22(33)17-12-18(27)25(37-3)20(28)24(17)36-2/h4-12,21,33H,1-3H3,(H,30,32)/b22-19+. The van der Waals surface area contributed by atoms with Gasteiger partial charge >= 0.3 is 0 Å². The fourth-order valence-electron chi connectivity index (χ4n) is 4.16. The molecule has 1 aliphatic rings. The lowest BCUT2D eigenvalue weighted by Crippen LogP contribution is -2.29. The molecular formula is C26H21Cl2N3O6. The van der Waals surface area contributed by atoms with Gasteiger partial charge in [0.15, 0.2) is 11.5 Å². The summed E-state index contributed by atoms with van der Waals surface area (Å²) < 4.78 is 10.6. The van der Waals surface area contributed by atoms with Gasteiger partial charge in [-0.2, -0.15) is 0 Å². The average molecular weight is 542 g/mol. The van der Waals surface area contributed by atoms with E-state index in [1.165, 1.54) is 44.5 Å². The zero-order valence-corrected chi connectivity index (χ0v) is 21.4. The molecule has 2 N–H and O–H groups in total. The number of Topliss-reactive ketones (excluding diaryl/α,β-unsaturated/α-hetero) is 1. The number of carbonyl (C=O) groups excluding carboxylic acids is 3. The Morgan fingerprint density at radius 1 is 1.03 bits per heavy atom. The molecule has 1 unspecified atom stereocenters. The van der Waals surface area contributed by atoms with Gasteiger partial charge in [-0.3, -0.25) is 24.3 Å². The van der Waals surface area contributed by atoms with Gasteiger partial charge < -0.3 is 19.9 Å². The number of pyridine rings is 1. The fraction of sp³-hybridized carbons (Fsp3) is 0.154.